The molecule has 0 aliphatic heterocycles. The fourth-order valence-corrected chi connectivity index (χ4v) is 1.30. The van der Waals surface area contributed by atoms with Crippen LogP contribution in [0.25, 0.3) is 0 Å². The molecule has 0 aliphatic rings. The summed E-state index contributed by atoms with van der Waals surface area (Å²) in [5, 5.41) is 0. The van der Waals surface area contributed by atoms with Gasteiger partial charge in [-0.05, 0) is 31.2 Å². The number of allylic oxidation sites excluding steroid dienone is 1. The van der Waals surface area contributed by atoms with Crippen LogP contribution in [0.3, 0.4) is 0 Å². The maximum Gasteiger partial charge on any atom is 0.330 e. The number of carbonyl (C=O) groups excluding carboxylic acids is 2. The quantitative estimate of drug-likeness (QED) is 0.457. The molecule has 1 aromatic rings. The lowest BCUT2D eigenvalue weighted by atomic mass is 10.1. The van der Waals surface area contributed by atoms with Crippen molar-refractivity contribution in [3.05, 3.63) is 41.7 Å². The van der Waals surface area contributed by atoms with E-state index >= 15 is 0 Å². The second kappa shape index (κ2) is 6.54. The van der Waals surface area contributed by atoms with Crippen LogP contribution in [0.2, 0.25) is 0 Å². The van der Waals surface area contributed by atoms with Crippen LogP contribution in [0.5, 0.6) is 5.75 Å². The monoisotopic (exact) mass is 252 g/mol. The van der Waals surface area contributed by atoms with E-state index in [9.17, 15) is 14.0 Å². The SMILES string of the molecule is CCOC(=O)/C=C/C(=O)c1cc(F)ccc1OC. The summed E-state index contributed by atoms with van der Waals surface area (Å²) in [7, 11) is 1.37. The maximum atomic E-state index is 13.0. The van der Waals surface area contributed by atoms with E-state index in [-0.39, 0.29) is 17.9 Å². The molecule has 4 nitrogen and oxygen atoms in total. The van der Waals surface area contributed by atoms with Gasteiger partial charge >= 0.3 is 5.97 Å². The third-order valence-electron chi connectivity index (χ3n) is 2.08. The molecule has 0 saturated heterocycles. The minimum Gasteiger partial charge on any atom is -0.496 e. The number of benzene rings is 1. The number of ether oxygens (including phenoxy) is 2. The van der Waals surface area contributed by atoms with Crippen LogP contribution >= 0.6 is 0 Å². The van der Waals surface area contributed by atoms with Crippen LogP contribution in [-0.4, -0.2) is 25.5 Å². The summed E-state index contributed by atoms with van der Waals surface area (Å²) in [6.45, 7) is 1.88. The van der Waals surface area contributed by atoms with Gasteiger partial charge in [-0.1, -0.05) is 0 Å². The predicted octanol–water partition coefficient (Wildman–Crippen LogP) is 2.14. The van der Waals surface area contributed by atoms with Crippen LogP contribution < -0.4 is 4.74 Å². The van der Waals surface area contributed by atoms with E-state index in [0.29, 0.717) is 0 Å². The van der Waals surface area contributed by atoms with E-state index in [1.165, 1.54) is 19.2 Å². The van der Waals surface area contributed by atoms with Crippen molar-refractivity contribution in [2.24, 2.45) is 0 Å². The summed E-state index contributed by atoms with van der Waals surface area (Å²) in [6.07, 6.45) is 2.02. The van der Waals surface area contributed by atoms with Gasteiger partial charge in [-0.15, -0.1) is 0 Å². The van der Waals surface area contributed by atoms with Crippen LogP contribution in [-0.2, 0) is 9.53 Å². The van der Waals surface area contributed by atoms with Crippen LogP contribution in [0.1, 0.15) is 17.3 Å². The number of hydrogen-bond donors (Lipinski definition) is 0. The zero-order valence-electron chi connectivity index (χ0n) is 10.1. The number of methoxy groups -OCH3 is 1. The fourth-order valence-electron chi connectivity index (χ4n) is 1.30. The van der Waals surface area contributed by atoms with Crippen molar-refractivity contribution in [2.45, 2.75) is 6.92 Å². The predicted molar refractivity (Wildman–Crippen MR) is 63.1 cm³/mol. The van der Waals surface area contributed by atoms with E-state index in [0.717, 1.165) is 18.2 Å². The molecule has 96 valence electrons. The molecule has 0 fully saturated rings. The molecular weight excluding hydrogens is 239 g/mol. The number of esters is 1. The van der Waals surface area contributed by atoms with Gasteiger partial charge in [-0.2, -0.15) is 0 Å². The number of ketones is 1. The first-order chi connectivity index (χ1) is 8.58. The Kier molecular flexibility index (Phi) is 5.05. The van der Waals surface area contributed by atoms with Crippen LogP contribution in [0.15, 0.2) is 30.4 Å². The van der Waals surface area contributed by atoms with Crippen molar-refractivity contribution in [1.29, 1.82) is 0 Å². The molecule has 0 aromatic heterocycles. The molecule has 5 heteroatoms. The third-order valence-corrected chi connectivity index (χ3v) is 2.08. The van der Waals surface area contributed by atoms with Crippen molar-refractivity contribution >= 4 is 11.8 Å². The van der Waals surface area contributed by atoms with E-state index in [1.807, 2.05) is 0 Å². The molecule has 1 rings (SSSR count). The van der Waals surface area contributed by atoms with E-state index in [2.05, 4.69) is 4.74 Å². The van der Waals surface area contributed by atoms with Crippen molar-refractivity contribution < 1.29 is 23.5 Å². The molecule has 0 saturated carbocycles. The van der Waals surface area contributed by atoms with Gasteiger partial charge in [0.05, 0.1) is 19.3 Å². The number of carbonyl (C=O) groups is 2. The summed E-state index contributed by atoms with van der Waals surface area (Å²) in [5.74, 6) is -1.46. The van der Waals surface area contributed by atoms with E-state index < -0.39 is 17.6 Å². The van der Waals surface area contributed by atoms with E-state index in [1.54, 1.807) is 6.92 Å². The molecule has 0 spiro atoms. The second-order valence-electron chi connectivity index (χ2n) is 3.29. The first kappa shape index (κ1) is 13.9. The first-order valence-electron chi connectivity index (χ1n) is 5.31. The van der Waals surface area contributed by atoms with E-state index in [4.69, 9.17) is 4.74 Å². The zero-order chi connectivity index (χ0) is 13.5. The van der Waals surface area contributed by atoms with Gasteiger partial charge in [0.15, 0.2) is 5.78 Å². The van der Waals surface area contributed by atoms with Crippen molar-refractivity contribution in [1.82, 2.24) is 0 Å². The van der Waals surface area contributed by atoms with Crippen molar-refractivity contribution in [2.75, 3.05) is 13.7 Å². The highest BCUT2D eigenvalue weighted by Crippen LogP contribution is 2.20. The Balaban J connectivity index is 2.90. The average molecular weight is 252 g/mol. The molecule has 0 bridgehead atoms. The largest absolute Gasteiger partial charge is 0.496 e. The molecule has 18 heavy (non-hydrogen) atoms. The zero-order valence-corrected chi connectivity index (χ0v) is 10.1. The summed E-state index contributed by atoms with van der Waals surface area (Å²) < 4.78 is 22.6. The Labute approximate surface area is 104 Å². The molecule has 0 atom stereocenters. The van der Waals surface area contributed by atoms with Gasteiger partial charge in [0.25, 0.3) is 0 Å². The summed E-state index contributed by atoms with van der Waals surface area (Å²) >= 11 is 0. The molecule has 0 heterocycles. The number of hydrogen-bond acceptors (Lipinski definition) is 4. The second-order valence-corrected chi connectivity index (χ2v) is 3.29. The Morgan fingerprint density at radius 3 is 2.67 bits per heavy atom. The highest BCUT2D eigenvalue weighted by atomic mass is 19.1. The lowest BCUT2D eigenvalue weighted by Crippen LogP contribution is -2.03. The van der Waals surface area contributed by atoms with Crippen molar-refractivity contribution in [3.63, 3.8) is 0 Å². The summed E-state index contributed by atoms with van der Waals surface area (Å²) in [4.78, 5) is 22.8. The topological polar surface area (TPSA) is 52.6 Å². The van der Waals surface area contributed by atoms with Gasteiger partial charge in [-0.3, -0.25) is 4.79 Å². The molecular formula is C13H13FO4. The molecule has 1 aromatic carbocycles. The van der Waals surface area contributed by atoms with Gasteiger partial charge in [-0.25, -0.2) is 9.18 Å². The smallest absolute Gasteiger partial charge is 0.330 e. The summed E-state index contributed by atoms with van der Waals surface area (Å²) in [5.41, 5.74) is 0.0537. The Morgan fingerprint density at radius 1 is 1.33 bits per heavy atom. The number of rotatable bonds is 5. The van der Waals surface area contributed by atoms with Gasteiger partial charge in [0, 0.05) is 6.08 Å². The lowest BCUT2D eigenvalue weighted by molar-refractivity contribution is -0.137. The minimum atomic E-state index is -0.624. The highest BCUT2D eigenvalue weighted by Gasteiger charge is 2.11. The van der Waals surface area contributed by atoms with Gasteiger partial charge in [0.2, 0.25) is 0 Å². The van der Waals surface area contributed by atoms with Crippen molar-refractivity contribution in [3.8, 4) is 5.75 Å². The maximum absolute atomic E-state index is 13.0. The van der Waals surface area contributed by atoms with Gasteiger partial charge in [0.1, 0.15) is 11.6 Å². The first-order valence-corrected chi connectivity index (χ1v) is 5.31. The average Bonchev–Trinajstić information content (AvgIpc) is 2.36. The van der Waals surface area contributed by atoms with Gasteiger partial charge < -0.3 is 9.47 Å². The Hall–Kier alpha value is -2.17. The minimum absolute atomic E-state index is 0.0537. The van der Waals surface area contributed by atoms with Crippen LogP contribution in [0.4, 0.5) is 4.39 Å². The fraction of sp³-hybridized carbons (Fsp3) is 0.231. The molecule has 0 aliphatic carbocycles. The highest BCUT2D eigenvalue weighted by molar-refractivity contribution is 6.08. The molecule has 0 N–H and O–H groups in total. The van der Waals surface area contributed by atoms with Crippen LogP contribution in [0, 0.1) is 5.82 Å². The lowest BCUT2D eigenvalue weighted by Gasteiger charge is -2.05. The standard InChI is InChI=1S/C13H13FO4/c1-3-18-13(16)7-5-11(15)10-8-9(14)4-6-12(10)17-2/h4-8H,3H2,1-2H3/b7-5+. The Bertz CT molecular complexity index is 480. The Morgan fingerprint density at radius 2 is 2.06 bits per heavy atom. The molecule has 0 amide bonds. The molecule has 0 unspecified atom stereocenters. The third kappa shape index (κ3) is 3.69. The normalized spacial score (nSPS) is 10.4. The summed E-state index contributed by atoms with van der Waals surface area (Å²) in [6, 6.07) is 3.59. The number of halogens is 1. The molecule has 0 radical (unpaired) electrons.